The molecule has 1 saturated heterocycles. The third kappa shape index (κ3) is 4.11. The average Bonchev–Trinajstić information content (AvgIpc) is 2.63. The van der Waals surface area contributed by atoms with Gasteiger partial charge in [-0.2, -0.15) is 11.8 Å². The van der Waals surface area contributed by atoms with Crippen molar-refractivity contribution >= 4 is 41.0 Å². The van der Waals surface area contributed by atoms with E-state index >= 15 is 0 Å². The van der Waals surface area contributed by atoms with E-state index in [1.54, 1.807) is 28.8 Å². The van der Waals surface area contributed by atoms with Crippen molar-refractivity contribution in [2.45, 2.75) is 6.04 Å². The largest absolute Gasteiger partial charge is 0.366 e. The predicted octanol–water partition coefficient (Wildman–Crippen LogP) is 3.90. The molecule has 8 heteroatoms. The number of anilines is 1. The Morgan fingerprint density at radius 1 is 1.23 bits per heavy atom. The van der Waals surface area contributed by atoms with Crippen molar-refractivity contribution in [2.75, 3.05) is 23.4 Å². The molecule has 0 radical (unpaired) electrons. The number of hydrogen-bond acceptors (Lipinski definition) is 3. The van der Waals surface area contributed by atoms with Crippen molar-refractivity contribution in [2.24, 2.45) is 5.73 Å². The smallest absolute Gasteiger partial charge is 0.322 e. The molecule has 26 heavy (non-hydrogen) atoms. The molecule has 1 aliphatic rings. The van der Waals surface area contributed by atoms with Crippen LogP contribution >= 0.6 is 23.4 Å². The van der Waals surface area contributed by atoms with Crippen molar-refractivity contribution in [3.63, 3.8) is 0 Å². The second-order valence-electron chi connectivity index (χ2n) is 5.82. The van der Waals surface area contributed by atoms with Crippen molar-refractivity contribution in [1.82, 2.24) is 4.90 Å². The fourth-order valence-electron chi connectivity index (χ4n) is 2.79. The van der Waals surface area contributed by atoms with Crippen molar-refractivity contribution in [1.29, 1.82) is 0 Å². The van der Waals surface area contributed by atoms with Crippen LogP contribution in [0.25, 0.3) is 0 Å². The Balaban J connectivity index is 1.80. The van der Waals surface area contributed by atoms with Gasteiger partial charge in [-0.15, -0.1) is 0 Å². The molecular formula is C18H17ClFN3O2S. The molecule has 0 saturated carbocycles. The lowest BCUT2D eigenvalue weighted by Gasteiger charge is -2.35. The number of nitrogens with two attached hydrogens (primary N) is 1. The van der Waals surface area contributed by atoms with Crippen LogP contribution in [-0.2, 0) is 0 Å². The summed E-state index contributed by atoms with van der Waals surface area (Å²) < 4.78 is 13.6. The second-order valence-corrected chi connectivity index (χ2v) is 7.41. The maximum absolute atomic E-state index is 13.6. The van der Waals surface area contributed by atoms with Crippen LogP contribution in [0.3, 0.4) is 0 Å². The van der Waals surface area contributed by atoms with Gasteiger partial charge in [-0.05, 0) is 35.9 Å². The van der Waals surface area contributed by atoms with Gasteiger partial charge in [-0.3, -0.25) is 4.79 Å². The molecule has 1 heterocycles. The Morgan fingerprint density at radius 2 is 1.96 bits per heavy atom. The van der Waals surface area contributed by atoms with Gasteiger partial charge in [-0.25, -0.2) is 9.18 Å². The summed E-state index contributed by atoms with van der Waals surface area (Å²) in [6.07, 6.45) is 0. The first-order valence-corrected chi connectivity index (χ1v) is 9.49. The van der Waals surface area contributed by atoms with Crippen molar-refractivity contribution < 1.29 is 14.0 Å². The molecule has 3 N–H and O–H groups in total. The lowest BCUT2D eigenvalue weighted by molar-refractivity contribution is 0.0996. The Morgan fingerprint density at radius 3 is 2.65 bits per heavy atom. The highest BCUT2D eigenvalue weighted by Gasteiger charge is 2.28. The summed E-state index contributed by atoms with van der Waals surface area (Å²) in [6, 6.07) is 10.7. The summed E-state index contributed by atoms with van der Waals surface area (Å²) in [5, 5.41) is 3.36. The van der Waals surface area contributed by atoms with Gasteiger partial charge in [0.05, 0.1) is 11.6 Å². The zero-order valence-corrected chi connectivity index (χ0v) is 15.3. The minimum absolute atomic E-state index is 0.0953. The molecule has 1 fully saturated rings. The second kappa shape index (κ2) is 7.97. The number of amides is 3. The van der Waals surface area contributed by atoms with Gasteiger partial charge in [0.15, 0.2) is 0 Å². The van der Waals surface area contributed by atoms with Crippen LogP contribution in [0.15, 0.2) is 42.5 Å². The van der Waals surface area contributed by atoms with Crippen LogP contribution in [0.5, 0.6) is 0 Å². The monoisotopic (exact) mass is 393 g/mol. The molecule has 3 rings (SSSR count). The number of carbonyl (C=O) groups is 2. The third-order valence-corrected chi connectivity index (χ3v) is 5.40. The van der Waals surface area contributed by atoms with Gasteiger partial charge in [0.1, 0.15) is 5.82 Å². The Hall–Kier alpha value is -2.25. The Kier molecular flexibility index (Phi) is 5.68. The number of benzene rings is 2. The maximum Gasteiger partial charge on any atom is 0.322 e. The number of hydrogen-bond donors (Lipinski definition) is 2. The molecule has 136 valence electrons. The lowest BCUT2D eigenvalue weighted by atomic mass is 10.1. The molecule has 0 bridgehead atoms. The van der Waals surface area contributed by atoms with E-state index in [9.17, 15) is 14.0 Å². The van der Waals surface area contributed by atoms with Crippen LogP contribution in [0, 0.1) is 5.82 Å². The van der Waals surface area contributed by atoms with Gasteiger partial charge >= 0.3 is 6.03 Å². The van der Waals surface area contributed by atoms with E-state index in [0.29, 0.717) is 17.3 Å². The van der Waals surface area contributed by atoms with E-state index in [1.165, 1.54) is 12.1 Å². The molecule has 2 aromatic rings. The summed E-state index contributed by atoms with van der Waals surface area (Å²) >= 11 is 7.72. The molecule has 1 aliphatic heterocycles. The average molecular weight is 394 g/mol. The van der Waals surface area contributed by atoms with E-state index in [4.69, 9.17) is 17.3 Å². The van der Waals surface area contributed by atoms with Crippen LogP contribution in [0.4, 0.5) is 14.9 Å². The number of urea groups is 1. The summed E-state index contributed by atoms with van der Waals surface area (Å²) in [7, 11) is 0. The summed E-state index contributed by atoms with van der Waals surface area (Å²) in [5.74, 6) is -0.00529. The minimum Gasteiger partial charge on any atom is -0.366 e. The van der Waals surface area contributed by atoms with Crippen molar-refractivity contribution in [3.05, 3.63) is 64.4 Å². The molecular weight excluding hydrogens is 377 g/mol. The number of rotatable bonds is 3. The standard InChI is InChI=1S/C18H17ClFN3O2S/c19-12-3-1-11(2-4-12)16-10-26-8-7-23(16)18(25)22-13-5-6-15(20)14(9-13)17(21)24/h1-6,9,16H,7-8,10H2,(H2,21,24)(H,22,25). The zero-order chi connectivity index (χ0) is 18.7. The van der Waals surface area contributed by atoms with E-state index in [0.717, 1.165) is 23.1 Å². The molecule has 2 aromatic carbocycles. The number of nitrogens with one attached hydrogen (secondary N) is 1. The molecule has 1 unspecified atom stereocenters. The van der Waals surface area contributed by atoms with Crippen LogP contribution < -0.4 is 11.1 Å². The highest BCUT2D eigenvalue weighted by molar-refractivity contribution is 7.99. The highest BCUT2D eigenvalue weighted by atomic mass is 35.5. The molecule has 1 atom stereocenters. The number of carbonyl (C=O) groups excluding carboxylic acids is 2. The maximum atomic E-state index is 13.6. The van der Waals surface area contributed by atoms with Gasteiger partial charge in [-0.1, -0.05) is 23.7 Å². The molecule has 0 aliphatic carbocycles. The Labute approximate surface area is 159 Å². The molecule has 0 aromatic heterocycles. The third-order valence-electron chi connectivity index (χ3n) is 4.13. The zero-order valence-electron chi connectivity index (χ0n) is 13.7. The summed E-state index contributed by atoms with van der Waals surface area (Å²) in [4.78, 5) is 25.8. The van der Waals surface area contributed by atoms with E-state index in [1.807, 2.05) is 12.1 Å². The lowest BCUT2D eigenvalue weighted by Crippen LogP contribution is -2.43. The molecule has 5 nitrogen and oxygen atoms in total. The first-order valence-electron chi connectivity index (χ1n) is 7.96. The normalized spacial score (nSPS) is 17.0. The van der Waals surface area contributed by atoms with Crippen LogP contribution in [-0.4, -0.2) is 34.9 Å². The minimum atomic E-state index is -0.882. The van der Waals surface area contributed by atoms with Crippen molar-refractivity contribution in [3.8, 4) is 0 Å². The van der Waals surface area contributed by atoms with Crippen LogP contribution in [0.1, 0.15) is 22.0 Å². The topological polar surface area (TPSA) is 75.4 Å². The Bertz CT molecular complexity index is 832. The number of thioether (sulfide) groups is 1. The predicted molar refractivity (Wildman–Crippen MR) is 102 cm³/mol. The number of nitrogens with zero attached hydrogens (tertiary/aromatic N) is 1. The molecule has 0 spiro atoms. The number of primary amides is 1. The van der Waals surface area contributed by atoms with Gasteiger partial charge in [0, 0.05) is 28.8 Å². The van der Waals surface area contributed by atoms with Gasteiger partial charge in [0.25, 0.3) is 5.91 Å². The summed E-state index contributed by atoms with van der Waals surface area (Å²) in [6.45, 7) is 0.577. The highest BCUT2D eigenvalue weighted by Crippen LogP contribution is 2.31. The van der Waals surface area contributed by atoms with Gasteiger partial charge in [0.2, 0.25) is 0 Å². The van der Waals surface area contributed by atoms with E-state index in [2.05, 4.69) is 5.32 Å². The first-order chi connectivity index (χ1) is 12.5. The van der Waals surface area contributed by atoms with E-state index < -0.39 is 11.7 Å². The first kappa shape index (κ1) is 18.5. The fourth-order valence-corrected chi connectivity index (χ4v) is 4.01. The van der Waals surface area contributed by atoms with Gasteiger partial charge < -0.3 is 16.0 Å². The van der Waals surface area contributed by atoms with Crippen LogP contribution in [0.2, 0.25) is 5.02 Å². The van der Waals surface area contributed by atoms with E-state index in [-0.39, 0.29) is 17.6 Å². The molecule has 3 amide bonds. The summed E-state index contributed by atoms with van der Waals surface area (Å²) in [5.41, 5.74) is 6.21. The quantitative estimate of drug-likeness (QED) is 0.830. The number of halogens is 2. The fraction of sp³-hybridized carbons (Fsp3) is 0.222. The SMILES string of the molecule is NC(=O)c1cc(NC(=O)N2CCSCC2c2ccc(Cl)cc2)ccc1F.